The monoisotopic (exact) mass is 918 g/mol. The molecule has 0 bridgehead atoms. The number of fused-ring (bicyclic) bond motifs is 7. The lowest BCUT2D eigenvalue weighted by molar-refractivity contribution is -0.373. The second-order valence-electron chi connectivity index (χ2n) is 21.0. The average Bonchev–Trinajstić information content (AvgIpc) is 3.77. The molecule has 19 nitrogen and oxygen atoms in total. The van der Waals surface area contributed by atoms with E-state index in [2.05, 4.69) is 20.8 Å². The molecule has 7 fully saturated rings. The number of hydrogen-bond donors (Lipinski definition) is 12. The van der Waals surface area contributed by atoms with Crippen molar-refractivity contribution >= 4 is 0 Å². The number of allylic oxidation sites excluding steroid dienone is 1. The first-order valence-corrected chi connectivity index (χ1v) is 23.6. The minimum absolute atomic E-state index is 0.0287. The Morgan fingerprint density at radius 2 is 1.25 bits per heavy atom. The zero-order valence-electron chi connectivity index (χ0n) is 37.3. The smallest absolute Gasteiger partial charge is 0.187 e. The molecule has 8 rings (SSSR count). The van der Waals surface area contributed by atoms with Gasteiger partial charge in [-0.1, -0.05) is 20.8 Å². The lowest BCUT2D eigenvalue weighted by Crippen LogP contribution is -2.65. The molecule has 368 valence electrons. The number of aliphatic hydroxyl groups excluding tert-OH is 12. The minimum atomic E-state index is -1.76. The molecule has 0 unspecified atom stereocenters. The van der Waals surface area contributed by atoms with Crippen LogP contribution in [-0.4, -0.2) is 198 Å². The summed E-state index contributed by atoms with van der Waals surface area (Å²) in [4.78, 5) is 0. The van der Waals surface area contributed by atoms with Gasteiger partial charge in [-0.2, -0.15) is 0 Å². The van der Waals surface area contributed by atoms with E-state index in [0.29, 0.717) is 31.6 Å². The van der Waals surface area contributed by atoms with E-state index in [9.17, 15) is 61.3 Å². The lowest BCUT2D eigenvalue weighted by Gasteiger charge is -2.62. The molecule has 0 aromatic heterocycles. The van der Waals surface area contributed by atoms with Crippen LogP contribution in [0.1, 0.15) is 85.5 Å². The maximum atomic E-state index is 12.3. The van der Waals surface area contributed by atoms with Crippen molar-refractivity contribution in [3.8, 4) is 0 Å². The van der Waals surface area contributed by atoms with Crippen LogP contribution in [0.25, 0.3) is 0 Å². The van der Waals surface area contributed by atoms with Gasteiger partial charge in [0.05, 0.1) is 44.4 Å². The third-order valence-electron chi connectivity index (χ3n) is 17.5. The normalized spacial score (nSPS) is 53.2. The van der Waals surface area contributed by atoms with E-state index >= 15 is 0 Å². The number of rotatable bonds is 13. The predicted octanol–water partition coefficient (Wildman–Crippen LogP) is -1.86. The molecule has 64 heavy (non-hydrogen) atoms. The Morgan fingerprint density at radius 3 is 1.89 bits per heavy atom. The second-order valence-corrected chi connectivity index (χ2v) is 21.0. The zero-order valence-corrected chi connectivity index (χ0v) is 37.3. The van der Waals surface area contributed by atoms with Crippen molar-refractivity contribution in [2.45, 2.75) is 196 Å². The molecule has 19 heteroatoms. The molecule has 0 amide bonds. The quantitative estimate of drug-likeness (QED) is 0.0902. The summed E-state index contributed by atoms with van der Waals surface area (Å²) < 4.78 is 42.0. The maximum Gasteiger partial charge on any atom is 0.187 e. The highest BCUT2D eigenvalue weighted by Crippen LogP contribution is 2.70. The van der Waals surface area contributed by atoms with Gasteiger partial charge in [0.2, 0.25) is 0 Å². The predicted molar refractivity (Wildman–Crippen MR) is 219 cm³/mol. The summed E-state index contributed by atoms with van der Waals surface area (Å²) in [5.74, 6) is 2.27. The molecule has 4 aliphatic heterocycles. The van der Waals surface area contributed by atoms with E-state index in [4.69, 9.17) is 33.2 Å². The molecular weight excluding hydrogens is 844 g/mol. The molecule has 8 aliphatic rings. The van der Waals surface area contributed by atoms with Gasteiger partial charge in [0.15, 0.2) is 18.9 Å². The van der Waals surface area contributed by atoms with Crippen molar-refractivity contribution in [1.82, 2.24) is 0 Å². The fourth-order valence-corrected chi connectivity index (χ4v) is 13.6. The fraction of sp³-hybridized carbons (Fsp3) is 0.956. The summed E-state index contributed by atoms with van der Waals surface area (Å²) in [6, 6.07) is 0. The van der Waals surface area contributed by atoms with Crippen molar-refractivity contribution < 1.29 is 94.4 Å². The van der Waals surface area contributed by atoms with Crippen LogP contribution in [0.15, 0.2) is 11.3 Å². The van der Waals surface area contributed by atoms with Gasteiger partial charge in [0, 0.05) is 17.8 Å². The van der Waals surface area contributed by atoms with Crippen molar-refractivity contribution in [1.29, 1.82) is 0 Å². The van der Waals surface area contributed by atoms with Gasteiger partial charge >= 0.3 is 0 Å². The van der Waals surface area contributed by atoms with Crippen molar-refractivity contribution in [3.63, 3.8) is 0 Å². The van der Waals surface area contributed by atoms with Crippen molar-refractivity contribution in [2.75, 3.05) is 26.4 Å². The van der Waals surface area contributed by atoms with E-state index in [-0.39, 0.29) is 59.2 Å². The first-order chi connectivity index (χ1) is 30.4. The second kappa shape index (κ2) is 19.3. The van der Waals surface area contributed by atoms with Crippen LogP contribution in [0.4, 0.5) is 0 Å². The first-order valence-electron chi connectivity index (χ1n) is 23.6. The van der Waals surface area contributed by atoms with Gasteiger partial charge < -0.3 is 94.4 Å². The van der Waals surface area contributed by atoms with Gasteiger partial charge in [0.1, 0.15) is 79.4 Å². The lowest BCUT2D eigenvalue weighted by atomic mass is 9.44. The molecule has 0 radical (unpaired) electrons. The molecule has 26 atom stereocenters. The van der Waals surface area contributed by atoms with E-state index < -0.39 is 118 Å². The number of ether oxygens (including phenoxy) is 7. The summed E-state index contributed by atoms with van der Waals surface area (Å²) in [6.07, 6.45) is -15.7. The molecule has 0 aromatic rings. The highest BCUT2D eigenvalue weighted by atomic mass is 16.8. The van der Waals surface area contributed by atoms with Crippen LogP contribution in [0.3, 0.4) is 0 Å². The molecule has 0 aromatic carbocycles. The van der Waals surface area contributed by atoms with Gasteiger partial charge in [-0.25, -0.2) is 0 Å². The zero-order chi connectivity index (χ0) is 46.2. The average molecular weight is 919 g/mol. The van der Waals surface area contributed by atoms with Gasteiger partial charge in [-0.3, -0.25) is 0 Å². The topological polar surface area (TPSA) is 307 Å². The molecule has 4 saturated carbocycles. The summed E-state index contributed by atoms with van der Waals surface area (Å²) >= 11 is 0. The number of hydrogen-bond acceptors (Lipinski definition) is 19. The van der Waals surface area contributed by atoms with Gasteiger partial charge in [-0.05, 0) is 98.9 Å². The van der Waals surface area contributed by atoms with Crippen molar-refractivity contribution in [3.05, 3.63) is 11.3 Å². The summed E-state index contributed by atoms with van der Waals surface area (Å²) in [6.45, 7) is 7.16. The summed E-state index contributed by atoms with van der Waals surface area (Å²) in [5.41, 5.74) is 0.741. The van der Waals surface area contributed by atoms with E-state index in [0.717, 1.165) is 37.9 Å². The molecule has 12 N–H and O–H groups in total. The largest absolute Gasteiger partial charge is 0.494 e. The van der Waals surface area contributed by atoms with Gasteiger partial charge in [0.25, 0.3) is 0 Å². The Bertz CT molecular complexity index is 1620. The van der Waals surface area contributed by atoms with Crippen molar-refractivity contribution in [2.24, 2.45) is 46.3 Å². The minimum Gasteiger partial charge on any atom is -0.494 e. The fourth-order valence-electron chi connectivity index (χ4n) is 13.6. The Kier molecular flexibility index (Phi) is 14.9. The Labute approximate surface area is 373 Å². The Hall–Kier alpha value is -1.18. The SMILES string of the molecule is CC1=C(CC[C@H](C)CO[C@@H]2O[C@H](CO)[C@@H](O)[C@H](O)[C@H]2O)O[C@H]2C[C@H]3[C@@H]4CC[C@@H]5C[C@@H](O[C@@H]6O[C@H](CO)[C@H](O)[C@H](O)[C@H]6O[C@@H]6O[C@H](CO)[C@@H](O)[C@H](O)[C@H]6O)CC[C@]5(C)[C@H]4C[C@@H](O)[C@]3(C)[C@@H]12. The van der Waals surface area contributed by atoms with Crippen LogP contribution in [0.2, 0.25) is 0 Å². The van der Waals surface area contributed by atoms with Crippen LogP contribution in [0.5, 0.6) is 0 Å². The Morgan fingerprint density at radius 1 is 0.656 bits per heavy atom. The van der Waals surface area contributed by atoms with E-state index in [1.165, 1.54) is 5.57 Å². The van der Waals surface area contributed by atoms with Crippen LogP contribution in [0, 0.1) is 46.3 Å². The third kappa shape index (κ3) is 8.52. The molecule has 4 heterocycles. The highest BCUT2D eigenvalue weighted by molar-refractivity contribution is 5.28. The third-order valence-corrected chi connectivity index (χ3v) is 17.5. The van der Waals surface area contributed by atoms with Crippen LogP contribution >= 0.6 is 0 Å². The standard InChI is InChI=1S/C45H74O19/c1-18(17-58-41-38(56)35(53)32(50)27(14-46)61-41)5-8-25-19(2)31-26(60-25)12-24-22-7-6-20-11-21(9-10-44(20,3)23(22)13-30(49)45(24,31)4)59-43-40(37(55)34(52)29(16-48)63-43)64-42-39(57)36(54)33(51)28(15-47)62-42/h18,20-24,26-43,46-57H,5-17H2,1-4H3/t18-,20+,21-,22+,23-,24-,26-,27+,28+,29+,30+,31-,32+,33+,34-,35-,36-,37-,38+,39+,40+,41+,42-,43+,44-,45+/m0/s1. The molecule has 4 aliphatic carbocycles. The molecule has 3 saturated heterocycles. The van der Waals surface area contributed by atoms with E-state index in [1.54, 1.807) is 0 Å². The first kappa shape index (κ1) is 49.2. The number of aliphatic hydroxyl groups is 12. The van der Waals surface area contributed by atoms with E-state index in [1.807, 2.05) is 6.92 Å². The van der Waals surface area contributed by atoms with Crippen LogP contribution < -0.4 is 0 Å². The molecular formula is C45H74O19. The maximum absolute atomic E-state index is 12.3. The molecule has 0 spiro atoms. The summed E-state index contributed by atoms with van der Waals surface area (Å²) in [5, 5.41) is 125. The van der Waals surface area contributed by atoms with Gasteiger partial charge in [-0.15, -0.1) is 0 Å². The highest BCUT2D eigenvalue weighted by Gasteiger charge is 2.68. The summed E-state index contributed by atoms with van der Waals surface area (Å²) in [7, 11) is 0. The Balaban J connectivity index is 0.888. The van der Waals surface area contributed by atoms with Crippen LogP contribution in [-0.2, 0) is 33.2 Å².